The van der Waals surface area contributed by atoms with Crippen LogP contribution in [0, 0.1) is 5.82 Å². The average Bonchev–Trinajstić information content (AvgIpc) is 3.26. The highest BCUT2D eigenvalue weighted by Gasteiger charge is 2.40. The van der Waals surface area contributed by atoms with Gasteiger partial charge in [-0.25, -0.2) is 9.37 Å². The first-order valence-electron chi connectivity index (χ1n) is 7.64. The van der Waals surface area contributed by atoms with E-state index in [9.17, 15) is 9.18 Å². The van der Waals surface area contributed by atoms with Gasteiger partial charge in [0.25, 0.3) is 5.89 Å². The number of oxazole rings is 1. The predicted octanol–water partition coefficient (Wildman–Crippen LogP) is 2.23. The standard InChI is InChI=1S/C16H16FN3O3/c17-10-3-1-2-4-13(10)22-14-8-18-16(23-14)15(21)20-12-7-9-5-6-11(12)19-9/h1-4,8-9,11-12,19H,5-7H2,(H,20,21). The Morgan fingerprint density at radius 3 is 3.00 bits per heavy atom. The van der Waals surface area contributed by atoms with Crippen LogP contribution in [0.25, 0.3) is 0 Å². The summed E-state index contributed by atoms with van der Waals surface area (Å²) in [7, 11) is 0. The van der Waals surface area contributed by atoms with Gasteiger partial charge in [0.2, 0.25) is 0 Å². The molecule has 3 unspecified atom stereocenters. The maximum absolute atomic E-state index is 13.5. The summed E-state index contributed by atoms with van der Waals surface area (Å²) in [6.07, 6.45) is 4.43. The number of fused-ring (bicyclic) bond motifs is 2. The Hall–Kier alpha value is -2.41. The van der Waals surface area contributed by atoms with E-state index in [2.05, 4.69) is 15.6 Å². The van der Waals surface area contributed by atoms with E-state index in [1.165, 1.54) is 18.3 Å². The zero-order valence-corrected chi connectivity index (χ0v) is 12.3. The molecule has 3 heterocycles. The Morgan fingerprint density at radius 1 is 1.39 bits per heavy atom. The number of nitrogens with zero attached hydrogens (tertiary/aromatic N) is 1. The van der Waals surface area contributed by atoms with Crippen LogP contribution in [-0.2, 0) is 0 Å². The molecule has 23 heavy (non-hydrogen) atoms. The fourth-order valence-corrected chi connectivity index (χ4v) is 3.26. The molecule has 2 aromatic rings. The molecule has 2 aliphatic rings. The molecule has 120 valence electrons. The molecule has 1 amide bonds. The molecular formula is C16H16FN3O3. The third-order valence-electron chi connectivity index (χ3n) is 4.34. The number of benzene rings is 1. The number of halogens is 1. The Balaban J connectivity index is 1.41. The number of ether oxygens (including phenoxy) is 1. The monoisotopic (exact) mass is 317 g/mol. The van der Waals surface area contributed by atoms with Gasteiger partial charge in [-0.1, -0.05) is 12.1 Å². The van der Waals surface area contributed by atoms with Gasteiger partial charge in [-0.05, 0) is 31.4 Å². The molecule has 4 rings (SSSR count). The number of hydrogen-bond donors (Lipinski definition) is 2. The number of carbonyl (C=O) groups excluding carboxylic acids is 1. The predicted molar refractivity (Wildman–Crippen MR) is 78.8 cm³/mol. The summed E-state index contributed by atoms with van der Waals surface area (Å²) < 4.78 is 24.0. The molecule has 2 saturated heterocycles. The quantitative estimate of drug-likeness (QED) is 0.904. The van der Waals surface area contributed by atoms with Crippen LogP contribution >= 0.6 is 0 Å². The maximum Gasteiger partial charge on any atom is 0.311 e. The summed E-state index contributed by atoms with van der Waals surface area (Å²) in [5.74, 6) is -0.978. The summed E-state index contributed by atoms with van der Waals surface area (Å²) >= 11 is 0. The molecular weight excluding hydrogens is 301 g/mol. The molecule has 3 atom stereocenters. The second-order valence-electron chi connectivity index (χ2n) is 5.88. The van der Waals surface area contributed by atoms with Crippen LogP contribution in [0.3, 0.4) is 0 Å². The van der Waals surface area contributed by atoms with Crippen LogP contribution in [-0.4, -0.2) is 29.0 Å². The van der Waals surface area contributed by atoms with E-state index < -0.39 is 5.82 Å². The number of amides is 1. The smallest absolute Gasteiger partial charge is 0.311 e. The third kappa shape index (κ3) is 2.79. The minimum atomic E-state index is -0.511. The van der Waals surface area contributed by atoms with Crippen LogP contribution in [0.2, 0.25) is 0 Å². The van der Waals surface area contributed by atoms with Crippen LogP contribution in [0.15, 0.2) is 34.9 Å². The highest BCUT2D eigenvalue weighted by molar-refractivity contribution is 5.90. The van der Waals surface area contributed by atoms with Gasteiger partial charge in [0, 0.05) is 18.1 Å². The van der Waals surface area contributed by atoms with Gasteiger partial charge in [-0.2, -0.15) is 0 Å². The number of para-hydroxylation sites is 1. The second-order valence-corrected chi connectivity index (χ2v) is 5.88. The van der Waals surface area contributed by atoms with Crippen molar-refractivity contribution in [1.82, 2.24) is 15.6 Å². The SMILES string of the molecule is O=C(NC1CC2CCC1N2)c1ncc(Oc2ccccc2F)o1. The van der Waals surface area contributed by atoms with Crippen LogP contribution in [0.1, 0.15) is 29.9 Å². The van der Waals surface area contributed by atoms with Crippen molar-refractivity contribution in [2.24, 2.45) is 0 Å². The molecule has 0 radical (unpaired) electrons. The molecule has 2 aliphatic heterocycles. The topological polar surface area (TPSA) is 76.4 Å². The van der Waals surface area contributed by atoms with Gasteiger partial charge < -0.3 is 19.8 Å². The first kappa shape index (κ1) is 14.2. The fraction of sp³-hybridized carbons (Fsp3) is 0.375. The minimum Gasteiger partial charge on any atom is -0.422 e. The van der Waals surface area contributed by atoms with Crippen LogP contribution in [0.4, 0.5) is 4.39 Å². The molecule has 7 heteroatoms. The summed E-state index contributed by atoms with van der Waals surface area (Å²) in [5, 5.41) is 6.37. The largest absolute Gasteiger partial charge is 0.422 e. The van der Waals surface area contributed by atoms with Gasteiger partial charge in [0.1, 0.15) is 6.20 Å². The normalized spacial score (nSPS) is 25.5. The molecule has 2 N–H and O–H groups in total. The van der Waals surface area contributed by atoms with Crippen molar-refractivity contribution < 1.29 is 18.3 Å². The molecule has 2 bridgehead atoms. The number of carbonyl (C=O) groups is 1. The lowest BCUT2D eigenvalue weighted by atomic mass is 9.95. The molecule has 2 fully saturated rings. The first-order chi connectivity index (χ1) is 11.2. The van der Waals surface area contributed by atoms with Gasteiger partial charge in [-0.15, -0.1) is 0 Å². The molecule has 6 nitrogen and oxygen atoms in total. The lowest BCUT2D eigenvalue weighted by Crippen LogP contribution is -2.43. The molecule has 0 saturated carbocycles. The number of rotatable bonds is 4. The Labute approximate surface area is 132 Å². The Kier molecular flexibility index (Phi) is 3.49. The maximum atomic E-state index is 13.5. The molecule has 0 spiro atoms. The molecule has 1 aromatic carbocycles. The van der Waals surface area contributed by atoms with Gasteiger partial charge in [0.15, 0.2) is 11.6 Å². The lowest BCUT2D eigenvalue weighted by Gasteiger charge is -2.20. The average molecular weight is 317 g/mol. The highest BCUT2D eigenvalue weighted by Crippen LogP contribution is 2.29. The van der Waals surface area contributed by atoms with Crippen molar-refractivity contribution in [2.45, 2.75) is 37.4 Å². The van der Waals surface area contributed by atoms with Crippen molar-refractivity contribution in [3.05, 3.63) is 42.2 Å². The molecule has 1 aromatic heterocycles. The Morgan fingerprint density at radius 2 is 2.26 bits per heavy atom. The zero-order valence-electron chi connectivity index (χ0n) is 12.3. The van der Waals surface area contributed by atoms with Crippen molar-refractivity contribution in [3.8, 4) is 11.7 Å². The van der Waals surface area contributed by atoms with E-state index in [1.807, 2.05) is 0 Å². The van der Waals surface area contributed by atoms with Crippen molar-refractivity contribution in [2.75, 3.05) is 0 Å². The van der Waals surface area contributed by atoms with E-state index in [-0.39, 0.29) is 29.5 Å². The first-order valence-corrected chi connectivity index (χ1v) is 7.64. The van der Waals surface area contributed by atoms with Gasteiger partial charge >= 0.3 is 11.9 Å². The Bertz CT molecular complexity index is 733. The number of hydrogen-bond acceptors (Lipinski definition) is 5. The van der Waals surface area contributed by atoms with E-state index in [0.717, 1.165) is 19.3 Å². The van der Waals surface area contributed by atoms with E-state index in [4.69, 9.17) is 9.15 Å². The zero-order chi connectivity index (χ0) is 15.8. The van der Waals surface area contributed by atoms with E-state index >= 15 is 0 Å². The lowest BCUT2D eigenvalue weighted by molar-refractivity contribution is 0.0890. The number of aromatic nitrogens is 1. The molecule has 0 aliphatic carbocycles. The second kappa shape index (κ2) is 5.66. The highest BCUT2D eigenvalue weighted by atomic mass is 19.1. The summed E-state index contributed by atoms with van der Waals surface area (Å²) in [5.41, 5.74) is 0. The third-order valence-corrected chi connectivity index (χ3v) is 4.34. The minimum absolute atomic E-state index is 0.0212. The van der Waals surface area contributed by atoms with Crippen LogP contribution < -0.4 is 15.4 Å². The summed E-state index contributed by atoms with van der Waals surface area (Å²) in [4.78, 5) is 16.1. The van der Waals surface area contributed by atoms with Crippen LogP contribution in [0.5, 0.6) is 11.7 Å². The van der Waals surface area contributed by atoms with E-state index in [0.29, 0.717) is 12.1 Å². The van der Waals surface area contributed by atoms with Crippen molar-refractivity contribution in [1.29, 1.82) is 0 Å². The van der Waals surface area contributed by atoms with Crippen molar-refractivity contribution >= 4 is 5.91 Å². The van der Waals surface area contributed by atoms with Crippen molar-refractivity contribution in [3.63, 3.8) is 0 Å². The van der Waals surface area contributed by atoms with Gasteiger partial charge in [0.05, 0.1) is 0 Å². The fourth-order valence-electron chi connectivity index (χ4n) is 3.26. The summed E-state index contributed by atoms with van der Waals surface area (Å²) in [6, 6.07) is 6.88. The summed E-state index contributed by atoms with van der Waals surface area (Å²) in [6.45, 7) is 0. The van der Waals surface area contributed by atoms with Gasteiger partial charge in [-0.3, -0.25) is 4.79 Å². The van der Waals surface area contributed by atoms with E-state index in [1.54, 1.807) is 12.1 Å². The number of nitrogens with one attached hydrogen (secondary N) is 2.